The molecule has 1 aromatic heterocycles. The van der Waals surface area contributed by atoms with E-state index in [4.69, 9.17) is 18.7 Å². The number of aliphatic imine (C=N–C) groups is 1. The molecular weight excluding hydrogens is 463 g/mol. The Balaban J connectivity index is 0.00000261. The van der Waals surface area contributed by atoms with Gasteiger partial charge in [-0.3, -0.25) is 4.99 Å². The first-order chi connectivity index (χ1) is 12.7. The van der Waals surface area contributed by atoms with E-state index < -0.39 is 0 Å². The van der Waals surface area contributed by atoms with Crippen molar-refractivity contribution < 1.29 is 18.7 Å². The zero-order valence-corrected chi connectivity index (χ0v) is 18.0. The van der Waals surface area contributed by atoms with Gasteiger partial charge in [-0.05, 0) is 18.1 Å². The largest absolute Gasteiger partial charge is 0.492 e. The van der Waals surface area contributed by atoms with Crippen molar-refractivity contribution in [1.29, 1.82) is 0 Å². The van der Waals surface area contributed by atoms with Gasteiger partial charge in [0.2, 0.25) is 6.79 Å². The van der Waals surface area contributed by atoms with Crippen LogP contribution < -0.4 is 24.8 Å². The van der Waals surface area contributed by atoms with Crippen LogP contribution in [0, 0.1) is 0 Å². The summed E-state index contributed by atoms with van der Waals surface area (Å²) in [7, 11) is 1.72. The Kier molecular flexibility index (Phi) is 8.01. The highest BCUT2D eigenvalue weighted by Crippen LogP contribution is 2.34. The Hall–Kier alpha value is -2.17. The molecule has 1 aromatic carbocycles. The maximum atomic E-state index is 5.71. The molecule has 0 bridgehead atoms. The smallest absolute Gasteiger partial charge is 0.231 e. The van der Waals surface area contributed by atoms with Crippen molar-refractivity contribution in [1.82, 2.24) is 15.8 Å². The van der Waals surface area contributed by atoms with E-state index in [0.29, 0.717) is 37.3 Å². The summed E-state index contributed by atoms with van der Waals surface area (Å²) in [4.78, 5) is 4.18. The monoisotopic (exact) mass is 488 g/mol. The van der Waals surface area contributed by atoms with E-state index in [9.17, 15) is 0 Å². The zero-order valence-electron chi connectivity index (χ0n) is 15.7. The average molecular weight is 488 g/mol. The van der Waals surface area contributed by atoms with Crippen LogP contribution in [0.2, 0.25) is 0 Å². The van der Waals surface area contributed by atoms with E-state index in [1.807, 2.05) is 24.3 Å². The molecule has 148 valence electrons. The van der Waals surface area contributed by atoms with Crippen LogP contribution >= 0.6 is 24.0 Å². The predicted molar refractivity (Wildman–Crippen MR) is 112 cm³/mol. The van der Waals surface area contributed by atoms with Gasteiger partial charge in [-0.15, -0.1) is 24.0 Å². The van der Waals surface area contributed by atoms with Crippen LogP contribution in [0.1, 0.15) is 31.2 Å². The van der Waals surface area contributed by atoms with Crippen LogP contribution in [0.25, 0.3) is 0 Å². The minimum atomic E-state index is 0. The van der Waals surface area contributed by atoms with Crippen molar-refractivity contribution in [3.05, 3.63) is 35.7 Å². The second-order valence-corrected chi connectivity index (χ2v) is 6.09. The molecule has 0 aliphatic carbocycles. The van der Waals surface area contributed by atoms with E-state index in [0.717, 1.165) is 23.0 Å². The average Bonchev–Trinajstić information content (AvgIpc) is 3.30. The first-order valence-corrected chi connectivity index (χ1v) is 8.58. The molecule has 0 radical (unpaired) electrons. The lowest BCUT2D eigenvalue weighted by Crippen LogP contribution is -2.38. The number of benzene rings is 1. The molecule has 1 aliphatic rings. The number of ether oxygens (including phenoxy) is 3. The summed E-state index contributed by atoms with van der Waals surface area (Å²) in [6.45, 7) is 6.02. The van der Waals surface area contributed by atoms with Gasteiger partial charge < -0.3 is 29.4 Å². The van der Waals surface area contributed by atoms with E-state index in [2.05, 4.69) is 34.6 Å². The number of nitrogens with one attached hydrogen (secondary N) is 2. The number of guanidine groups is 1. The molecule has 0 atom stereocenters. The quantitative estimate of drug-likeness (QED) is 0.268. The Morgan fingerprint density at radius 1 is 1.22 bits per heavy atom. The molecule has 3 rings (SSSR count). The first-order valence-electron chi connectivity index (χ1n) is 8.58. The van der Waals surface area contributed by atoms with Crippen molar-refractivity contribution >= 4 is 29.9 Å². The van der Waals surface area contributed by atoms with Crippen LogP contribution in [0.4, 0.5) is 0 Å². The number of hydrogen-bond acceptors (Lipinski definition) is 6. The first kappa shape index (κ1) is 21.1. The fourth-order valence-electron chi connectivity index (χ4n) is 2.38. The Morgan fingerprint density at radius 3 is 2.78 bits per heavy atom. The second kappa shape index (κ2) is 10.2. The molecule has 0 amide bonds. The topological polar surface area (TPSA) is 90.1 Å². The third-order valence-electron chi connectivity index (χ3n) is 3.83. The third-order valence-corrected chi connectivity index (χ3v) is 3.83. The second-order valence-electron chi connectivity index (χ2n) is 6.09. The maximum Gasteiger partial charge on any atom is 0.231 e. The summed E-state index contributed by atoms with van der Waals surface area (Å²) in [6.07, 6.45) is 0. The van der Waals surface area contributed by atoms with Crippen molar-refractivity contribution in [3.8, 4) is 17.2 Å². The van der Waals surface area contributed by atoms with Gasteiger partial charge in [0, 0.05) is 19.2 Å². The van der Waals surface area contributed by atoms with Crippen molar-refractivity contribution in [2.75, 3.05) is 27.0 Å². The zero-order chi connectivity index (χ0) is 18.4. The minimum Gasteiger partial charge on any atom is -0.492 e. The number of fused-ring (bicyclic) bond motifs is 1. The molecule has 0 fully saturated rings. The van der Waals surface area contributed by atoms with Crippen LogP contribution in [0.3, 0.4) is 0 Å². The number of aromatic nitrogens is 1. The Bertz CT molecular complexity index is 764. The van der Waals surface area contributed by atoms with Crippen molar-refractivity contribution in [2.45, 2.75) is 26.3 Å². The predicted octanol–water partition coefficient (Wildman–Crippen LogP) is 2.89. The fourth-order valence-corrected chi connectivity index (χ4v) is 2.38. The lowest BCUT2D eigenvalue weighted by Gasteiger charge is -2.11. The molecule has 2 heterocycles. The highest BCUT2D eigenvalue weighted by molar-refractivity contribution is 14.0. The molecule has 0 unspecified atom stereocenters. The third kappa shape index (κ3) is 5.91. The summed E-state index contributed by atoms with van der Waals surface area (Å²) in [5.74, 6) is 3.98. The lowest BCUT2D eigenvalue weighted by atomic mass is 10.1. The molecule has 9 heteroatoms. The highest BCUT2D eigenvalue weighted by Gasteiger charge is 2.13. The standard InChI is InChI=1S/C18H24N4O4.HI/c1-12(2)15-8-14(26-22-15)10-21-18(19-3)20-6-7-23-13-4-5-16-17(9-13)25-11-24-16;/h4-5,8-9,12H,6-7,10-11H2,1-3H3,(H2,19,20,21);1H. The van der Waals surface area contributed by atoms with E-state index in [1.54, 1.807) is 7.05 Å². The SMILES string of the molecule is CN=C(NCCOc1ccc2c(c1)OCO2)NCc1cc(C(C)C)no1.I. The fraction of sp³-hybridized carbons (Fsp3) is 0.444. The van der Waals surface area contributed by atoms with E-state index >= 15 is 0 Å². The summed E-state index contributed by atoms with van der Waals surface area (Å²) >= 11 is 0. The molecule has 27 heavy (non-hydrogen) atoms. The number of nitrogens with zero attached hydrogens (tertiary/aromatic N) is 2. The normalized spacial score (nSPS) is 12.7. The minimum absolute atomic E-state index is 0. The molecule has 0 spiro atoms. The molecule has 0 saturated heterocycles. The molecule has 0 saturated carbocycles. The molecular formula is C18H25IN4O4. The lowest BCUT2D eigenvalue weighted by molar-refractivity contribution is 0.173. The summed E-state index contributed by atoms with van der Waals surface area (Å²) < 4.78 is 21.6. The number of halogens is 1. The van der Waals surface area contributed by atoms with Crippen LogP contribution in [-0.2, 0) is 6.54 Å². The van der Waals surface area contributed by atoms with Crippen LogP contribution in [0.15, 0.2) is 33.8 Å². The molecule has 2 aromatic rings. The Morgan fingerprint density at radius 2 is 2.04 bits per heavy atom. The van der Waals surface area contributed by atoms with Crippen LogP contribution in [0.5, 0.6) is 17.2 Å². The van der Waals surface area contributed by atoms with Crippen LogP contribution in [-0.4, -0.2) is 38.1 Å². The molecule has 2 N–H and O–H groups in total. The Labute approximate surface area is 175 Å². The number of rotatable bonds is 7. The highest BCUT2D eigenvalue weighted by atomic mass is 127. The van der Waals surface area contributed by atoms with Gasteiger partial charge in [0.1, 0.15) is 12.4 Å². The van der Waals surface area contributed by atoms with Gasteiger partial charge in [-0.25, -0.2) is 0 Å². The number of hydrogen-bond donors (Lipinski definition) is 2. The summed E-state index contributed by atoms with van der Waals surface area (Å²) in [6, 6.07) is 7.48. The van der Waals surface area contributed by atoms with E-state index in [1.165, 1.54) is 0 Å². The van der Waals surface area contributed by atoms with Gasteiger partial charge in [0.05, 0.1) is 18.8 Å². The van der Waals surface area contributed by atoms with Gasteiger partial charge in [0.25, 0.3) is 0 Å². The molecule has 1 aliphatic heterocycles. The van der Waals surface area contributed by atoms with E-state index in [-0.39, 0.29) is 30.8 Å². The summed E-state index contributed by atoms with van der Waals surface area (Å²) in [5, 5.41) is 10.4. The van der Waals surface area contributed by atoms with Gasteiger partial charge in [-0.2, -0.15) is 0 Å². The van der Waals surface area contributed by atoms with Gasteiger partial charge in [0.15, 0.2) is 23.2 Å². The van der Waals surface area contributed by atoms with Crippen molar-refractivity contribution in [3.63, 3.8) is 0 Å². The molecule has 8 nitrogen and oxygen atoms in total. The van der Waals surface area contributed by atoms with Gasteiger partial charge >= 0.3 is 0 Å². The van der Waals surface area contributed by atoms with Crippen molar-refractivity contribution in [2.24, 2.45) is 4.99 Å². The van der Waals surface area contributed by atoms with Gasteiger partial charge in [-0.1, -0.05) is 19.0 Å². The summed E-state index contributed by atoms with van der Waals surface area (Å²) in [5.41, 5.74) is 0.946. The maximum absolute atomic E-state index is 5.71.